The minimum Gasteiger partial charge on any atom is -0.395 e. The summed E-state index contributed by atoms with van der Waals surface area (Å²) in [4.78, 5) is 17.9. The van der Waals surface area contributed by atoms with Gasteiger partial charge in [-0.1, -0.05) is 13.3 Å². The molecule has 0 saturated heterocycles. The van der Waals surface area contributed by atoms with Gasteiger partial charge in [-0.2, -0.15) is 0 Å². The molecule has 0 spiro atoms. The average Bonchev–Trinajstić information content (AvgIpc) is 2.89. The smallest absolute Gasteiger partial charge is 0.224 e. The van der Waals surface area contributed by atoms with Crippen LogP contribution in [0.15, 0.2) is 18.7 Å². The molecule has 1 aromatic rings. The Morgan fingerprint density at radius 2 is 2.28 bits per heavy atom. The Morgan fingerprint density at radius 3 is 2.78 bits per heavy atom. The van der Waals surface area contributed by atoms with Gasteiger partial charge >= 0.3 is 0 Å². The van der Waals surface area contributed by atoms with Crippen LogP contribution < -0.4 is 0 Å². The third-order valence-electron chi connectivity index (χ3n) is 3.08. The van der Waals surface area contributed by atoms with Crippen LogP contribution in [-0.2, 0) is 4.79 Å². The van der Waals surface area contributed by atoms with Crippen LogP contribution in [0, 0.1) is 0 Å². The van der Waals surface area contributed by atoms with E-state index in [-0.39, 0.29) is 18.6 Å². The van der Waals surface area contributed by atoms with E-state index in [0.717, 1.165) is 12.8 Å². The predicted molar refractivity (Wildman–Crippen MR) is 70.1 cm³/mol. The van der Waals surface area contributed by atoms with E-state index in [4.69, 9.17) is 5.11 Å². The first-order chi connectivity index (χ1) is 8.72. The molecule has 0 aliphatic carbocycles. The molecule has 0 saturated carbocycles. The quantitative estimate of drug-likeness (QED) is 0.763. The number of aromatic nitrogens is 2. The second-order valence-electron chi connectivity index (χ2n) is 4.35. The first-order valence-corrected chi connectivity index (χ1v) is 6.59. The van der Waals surface area contributed by atoms with Gasteiger partial charge in [0.15, 0.2) is 0 Å². The molecule has 0 bridgehead atoms. The van der Waals surface area contributed by atoms with Gasteiger partial charge < -0.3 is 14.6 Å². The van der Waals surface area contributed by atoms with Crippen LogP contribution in [0.1, 0.15) is 39.2 Å². The zero-order valence-electron chi connectivity index (χ0n) is 11.2. The third-order valence-corrected chi connectivity index (χ3v) is 3.08. The number of aliphatic hydroxyl groups excluding tert-OH is 1. The van der Waals surface area contributed by atoms with E-state index in [1.807, 2.05) is 17.7 Å². The molecule has 1 amide bonds. The van der Waals surface area contributed by atoms with Gasteiger partial charge in [0.1, 0.15) is 0 Å². The summed E-state index contributed by atoms with van der Waals surface area (Å²) in [5.74, 6) is 0.0960. The van der Waals surface area contributed by atoms with Crippen molar-refractivity contribution in [1.29, 1.82) is 0 Å². The van der Waals surface area contributed by atoms with Crippen LogP contribution in [0.3, 0.4) is 0 Å². The number of likely N-dealkylation sites (N-methyl/N-ethyl adjacent to an activating group) is 1. The van der Waals surface area contributed by atoms with Crippen LogP contribution in [0.5, 0.6) is 0 Å². The number of hydrogen-bond donors (Lipinski definition) is 1. The molecular formula is C13H23N3O2. The lowest BCUT2D eigenvalue weighted by Gasteiger charge is -2.24. The average molecular weight is 253 g/mol. The fourth-order valence-electron chi connectivity index (χ4n) is 2.09. The summed E-state index contributed by atoms with van der Waals surface area (Å²) in [6.45, 7) is 5.11. The van der Waals surface area contributed by atoms with Crippen molar-refractivity contribution >= 4 is 5.91 Å². The summed E-state index contributed by atoms with van der Waals surface area (Å²) in [5.41, 5.74) is 0. The van der Waals surface area contributed by atoms with Gasteiger partial charge in [-0.05, 0) is 13.3 Å². The summed E-state index contributed by atoms with van der Waals surface area (Å²) < 4.78 is 1.99. The third kappa shape index (κ3) is 4.14. The Hall–Kier alpha value is -1.36. The van der Waals surface area contributed by atoms with Gasteiger partial charge in [0, 0.05) is 37.9 Å². The van der Waals surface area contributed by atoms with Gasteiger partial charge in [0.2, 0.25) is 5.91 Å². The summed E-state index contributed by atoms with van der Waals surface area (Å²) >= 11 is 0. The van der Waals surface area contributed by atoms with Gasteiger partial charge in [-0.15, -0.1) is 0 Å². The van der Waals surface area contributed by atoms with Crippen LogP contribution in [0.2, 0.25) is 0 Å². The summed E-state index contributed by atoms with van der Waals surface area (Å²) in [7, 11) is 0. The molecule has 1 aromatic heterocycles. The zero-order valence-corrected chi connectivity index (χ0v) is 11.2. The van der Waals surface area contributed by atoms with E-state index >= 15 is 0 Å². The maximum atomic E-state index is 12.1. The normalized spacial score (nSPS) is 12.4. The Bertz CT molecular complexity index is 338. The molecule has 0 aliphatic rings. The molecule has 1 N–H and O–H groups in total. The minimum atomic E-state index is 0.0170. The molecule has 102 valence electrons. The molecule has 1 unspecified atom stereocenters. The maximum absolute atomic E-state index is 12.1. The maximum Gasteiger partial charge on any atom is 0.224 e. The van der Waals surface area contributed by atoms with E-state index in [2.05, 4.69) is 11.9 Å². The van der Waals surface area contributed by atoms with Crippen molar-refractivity contribution in [2.75, 3.05) is 19.7 Å². The number of rotatable bonds is 8. The standard InChI is InChI=1S/C13H23N3O2/c1-3-5-12(16-7-6-14-11-16)10-13(18)15(4-2)8-9-17/h6-7,11-12,17H,3-5,8-10H2,1-2H3. The molecule has 1 heterocycles. The molecule has 1 rings (SSSR count). The lowest BCUT2D eigenvalue weighted by molar-refractivity contribution is -0.132. The Balaban J connectivity index is 2.63. The number of amides is 1. The highest BCUT2D eigenvalue weighted by Gasteiger charge is 2.18. The van der Waals surface area contributed by atoms with Crippen molar-refractivity contribution in [3.05, 3.63) is 18.7 Å². The SMILES string of the molecule is CCCC(CC(=O)N(CC)CCO)n1ccnc1. The Morgan fingerprint density at radius 1 is 1.50 bits per heavy atom. The highest BCUT2D eigenvalue weighted by atomic mass is 16.3. The number of nitrogens with zero attached hydrogens (tertiary/aromatic N) is 3. The van der Waals surface area contributed by atoms with E-state index in [9.17, 15) is 4.79 Å². The molecule has 0 radical (unpaired) electrons. The first-order valence-electron chi connectivity index (χ1n) is 6.59. The molecule has 0 aliphatic heterocycles. The second kappa shape index (κ2) is 7.87. The first kappa shape index (κ1) is 14.7. The summed E-state index contributed by atoms with van der Waals surface area (Å²) in [6.07, 6.45) is 7.85. The lowest BCUT2D eigenvalue weighted by Crippen LogP contribution is -2.34. The van der Waals surface area contributed by atoms with Crippen LogP contribution in [-0.4, -0.2) is 45.2 Å². The van der Waals surface area contributed by atoms with Gasteiger partial charge in [-0.25, -0.2) is 4.98 Å². The monoisotopic (exact) mass is 253 g/mol. The number of hydrogen-bond acceptors (Lipinski definition) is 3. The molecule has 18 heavy (non-hydrogen) atoms. The zero-order chi connectivity index (χ0) is 13.4. The second-order valence-corrected chi connectivity index (χ2v) is 4.35. The summed E-state index contributed by atoms with van der Waals surface area (Å²) in [5, 5.41) is 8.93. The molecule has 1 atom stereocenters. The fraction of sp³-hybridized carbons (Fsp3) is 0.692. The van der Waals surface area contributed by atoms with Gasteiger partial charge in [0.25, 0.3) is 0 Å². The van der Waals surface area contributed by atoms with Gasteiger partial charge in [-0.3, -0.25) is 4.79 Å². The van der Waals surface area contributed by atoms with Gasteiger partial charge in [0.05, 0.1) is 12.9 Å². The van der Waals surface area contributed by atoms with Crippen molar-refractivity contribution in [3.8, 4) is 0 Å². The van der Waals surface area contributed by atoms with Crippen molar-refractivity contribution in [2.24, 2.45) is 0 Å². The van der Waals surface area contributed by atoms with Crippen molar-refractivity contribution in [1.82, 2.24) is 14.5 Å². The predicted octanol–water partition coefficient (Wildman–Crippen LogP) is 1.46. The van der Waals surface area contributed by atoms with E-state index < -0.39 is 0 Å². The van der Waals surface area contributed by atoms with E-state index in [1.54, 1.807) is 17.4 Å². The largest absolute Gasteiger partial charge is 0.395 e. The topological polar surface area (TPSA) is 58.4 Å². The van der Waals surface area contributed by atoms with Crippen molar-refractivity contribution in [2.45, 2.75) is 39.2 Å². The van der Waals surface area contributed by atoms with Crippen LogP contribution >= 0.6 is 0 Å². The van der Waals surface area contributed by atoms with Crippen molar-refractivity contribution in [3.63, 3.8) is 0 Å². The minimum absolute atomic E-state index is 0.0170. The van der Waals surface area contributed by atoms with E-state index in [1.165, 1.54) is 0 Å². The van der Waals surface area contributed by atoms with E-state index in [0.29, 0.717) is 19.5 Å². The Kier molecular flexibility index (Phi) is 6.43. The highest BCUT2D eigenvalue weighted by Crippen LogP contribution is 2.18. The number of carbonyl (C=O) groups is 1. The highest BCUT2D eigenvalue weighted by molar-refractivity contribution is 5.76. The molecule has 0 fully saturated rings. The fourth-order valence-corrected chi connectivity index (χ4v) is 2.09. The number of carbonyl (C=O) groups excluding carboxylic acids is 1. The molecule has 0 aromatic carbocycles. The molecular weight excluding hydrogens is 230 g/mol. The Labute approximate surface area is 108 Å². The number of aliphatic hydroxyl groups is 1. The van der Waals surface area contributed by atoms with Crippen LogP contribution in [0.25, 0.3) is 0 Å². The lowest BCUT2D eigenvalue weighted by atomic mass is 10.1. The molecule has 5 nitrogen and oxygen atoms in total. The molecule has 5 heteroatoms. The summed E-state index contributed by atoms with van der Waals surface area (Å²) in [6, 6.07) is 0.165. The number of imidazole rings is 1. The van der Waals surface area contributed by atoms with Crippen LogP contribution in [0.4, 0.5) is 0 Å². The van der Waals surface area contributed by atoms with Crippen molar-refractivity contribution < 1.29 is 9.90 Å².